The Bertz CT molecular complexity index is 1030. The fourth-order valence-electron chi connectivity index (χ4n) is 2.48. The number of nitrogens with two attached hydrogens (primary N) is 1. The second-order valence-corrected chi connectivity index (χ2v) is 7.21. The summed E-state index contributed by atoms with van der Waals surface area (Å²) >= 11 is 0. The topological polar surface area (TPSA) is 88.9 Å². The minimum Gasteiger partial charge on any atom is -0.383 e. The third-order valence-electron chi connectivity index (χ3n) is 3.78. The lowest BCUT2D eigenvalue weighted by Crippen LogP contribution is -2.14. The molecule has 5 nitrogen and oxygen atoms in total. The van der Waals surface area contributed by atoms with E-state index in [-0.39, 0.29) is 16.3 Å². The molecule has 1 heterocycles. The van der Waals surface area contributed by atoms with Gasteiger partial charge in [0.25, 0.3) is 10.0 Å². The molecule has 0 saturated heterocycles. The molecule has 0 spiro atoms. The average molecular weight is 337 g/mol. The largest absolute Gasteiger partial charge is 0.383 e. The van der Waals surface area contributed by atoms with Crippen LogP contribution in [0.5, 0.6) is 0 Å². The van der Waals surface area contributed by atoms with Crippen molar-refractivity contribution in [3.63, 3.8) is 0 Å². The molecule has 0 saturated carbocycles. The smallest absolute Gasteiger partial charge is 0.269 e. The number of rotatable bonds is 3. The molecular weight excluding hydrogens is 322 g/mol. The molecule has 6 heteroatoms. The van der Waals surface area contributed by atoms with Crippen LogP contribution in [0.4, 0.5) is 5.82 Å². The summed E-state index contributed by atoms with van der Waals surface area (Å²) in [6, 6.07) is 17.6. The van der Waals surface area contributed by atoms with E-state index in [9.17, 15) is 13.7 Å². The Morgan fingerprint density at radius 2 is 1.67 bits per heavy atom. The highest BCUT2D eigenvalue weighted by Gasteiger charge is 2.24. The summed E-state index contributed by atoms with van der Waals surface area (Å²) in [6.07, 6.45) is 1.40. The zero-order chi connectivity index (χ0) is 17.3. The van der Waals surface area contributed by atoms with Crippen molar-refractivity contribution in [1.29, 1.82) is 5.26 Å². The van der Waals surface area contributed by atoms with Crippen molar-refractivity contribution >= 4 is 15.8 Å². The van der Waals surface area contributed by atoms with Crippen LogP contribution in [0.25, 0.3) is 11.1 Å². The Hall–Kier alpha value is -3.04. The first-order chi connectivity index (χ1) is 11.4. The second-order valence-electron chi connectivity index (χ2n) is 5.39. The third kappa shape index (κ3) is 2.55. The molecule has 120 valence electrons. The summed E-state index contributed by atoms with van der Waals surface area (Å²) in [7, 11) is -3.87. The van der Waals surface area contributed by atoms with Gasteiger partial charge in [-0.1, -0.05) is 48.0 Å². The van der Waals surface area contributed by atoms with Gasteiger partial charge in [-0.15, -0.1) is 0 Å². The van der Waals surface area contributed by atoms with E-state index in [1.165, 1.54) is 18.3 Å². The zero-order valence-corrected chi connectivity index (χ0v) is 13.8. The van der Waals surface area contributed by atoms with Gasteiger partial charge < -0.3 is 5.73 Å². The number of anilines is 1. The van der Waals surface area contributed by atoms with Gasteiger partial charge in [-0.3, -0.25) is 0 Å². The minimum absolute atomic E-state index is 0.0862. The van der Waals surface area contributed by atoms with E-state index in [4.69, 9.17) is 5.73 Å². The molecule has 3 rings (SSSR count). The number of nitrogens with zero attached hydrogens (tertiary/aromatic N) is 2. The molecule has 0 unspecified atom stereocenters. The molecule has 2 aromatic carbocycles. The third-order valence-corrected chi connectivity index (χ3v) is 5.47. The molecule has 2 N–H and O–H groups in total. The number of aryl methyl sites for hydroxylation is 1. The summed E-state index contributed by atoms with van der Waals surface area (Å²) in [5.74, 6) is -0.0862. The highest BCUT2D eigenvalue weighted by atomic mass is 32.2. The lowest BCUT2D eigenvalue weighted by molar-refractivity contribution is 0.588. The van der Waals surface area contributed by atoms with Crippen LogP contribution in [0.1, 0.15) is 11.1 Å². The molecule has 0 atom stereocenters. The maximum Gasteiger partial charge on any atom is 0.269 e. The number of benzene rings is 2. The fourth-order valence-corrected chi connectivity index (χ4v) is 3.78. The molecule has 3 aromatic rings. The van der Waals surface area contributed by atoms with Crippen molar-refractivity contribution in [2.45, 2.75) is 11.8 Å². The van der Waals surface area contributed by atoms with Gasteiger partial charge in [0.2, 0.25) is 0 Å². The molecule has 0 aliphatic heterocycles. The standard InChI is InChI=1S/C18H15N3O2S/c1-13-7-9-15(10-8-13)24(22,23)21-12-17(16(11-19)18(21)20)14-5-3-2-4-6-14/h2-10,12H,20H2,1H3. The van der Waals surface area contributed by atoms with Gasteiger partial charge in [0.15, 0.2) is 0 Å². The van der Waals surface area contributed by atoms with Gasteiger partial charge in [0.1, 0.15) is 17.5 Å². The first-order valence-electron chi connectivity index (χ1n) is 7.23. The monoisotopic (exact) mass is 337 g/mol. The first kappa shape index (κ1) is 15.8. The number of nitriles is 1. The van der Waals surface area contributed by atoms with Crippen molar-refractivity contribution in [3.8, 4) is 17.2 Å². The lowest BCUT2D eigenvalue weighted by Gasteiger charge is -2.08. The molecule has 1 aromatic heterocycles. The Kier molecular flexibility index (Phi) is 3.87. The first-order valence-corrected chi connectivity index (χ1v) is 8.67. The van der Waals surface area contributed by atoms with E-state index in [1.807, 2.05) is 31.2 Å². The van der Waals surface area contributed by atoms with Gasteiger partial charge >= 0.3 is 0 Å². The Balaban J connectivity index is 2.21. The predicted molar refractivity (Wildman–Crippen MR) is 92.8 cm³/mol. The number of nitrogen functional groups attached to an aromatic ring is 1. The molecule has 0 aliphatic carbocycles. The molecule has 0 fully saturated rings. The van der Waals surface area contributed by atoms with Crippen LogP contribution in [-0.2, 0) is 10.0 Å². The summed E-state index contributed by atoms with van der Waals surface area (Å²) in [6.45, 7) is 1.88. The van der Waals surface area contributed by atoms with E-state index >= 15 is 0 Å². The van der Waals surface area contributed by atoms with Crippen LogP contribution in [0.2, 0.25) is 0 Å². The molecule has 24 heavy (non-hydrogen) atoms. The van der Waals surface area contributed by atoms with E-state index in [0.29, 0.717) is 5.56 Å². The number of aromatic nitrogens is 1. The lowest BCUT2D eigenvalue weighted by atomic mass is 10.1. The quantitative estimate of drug-likeness (QED) is 0.795. The van der Waals surface area contributed by atoms with Crippen molar-refractivity contribution in [1.82, 2.24) is 3.97 Å². The maximum absolute atomic E-state index is 12.9. The summed E-state index contributed by atoms with van der Waals surface area (Å²) < 4.78 is 26.7. The molecular formula is C18H15N3O2S. The molecule has 0 bridgehead atoms. The molecule has 0 aliphatic rings. The van der Waals surface area contributed by atoms with E-state index in [2.05, 4.69) is 0 Å². The van der Waals surface area contributed by atoms with Crippen LogP contribution < -0.4 is 5.73 Å². The summed E-state index contributed by atoms with van der Waals surface area (Å²) in [5.41, 5.74) is 8.30. The van der Waals surface area contributed by atoms with Crippen molar-refractivity contribution in [2.24, 2.45) is 0 Å². The fraction of sp³-hybridized carbons (Fsp3) is 0.0556. The zero-order valence-electron chi connectivity index (χ0n) is 13.0. The predicted octanol–water partition coefficient (Wildman–Crippen LogP) is 3.15. The second kappa shape index (κ2) is 5.87. The number of hydrogen-bond donors (Lipinski definition) is 1. The van der Waals surface area contributed by atoms with Crippen LogP contribution in [0.15, 0.2) is 65.7 Å². The van der Waals surface area contributed by atoms with Gasteiger partial charge in [0.05, 0.1) is 4.90 Å². The van der Waals surface area contributed by atoms with Crippen LogP contribution in [-0.4, -0.2) is 12.4 Å². The van der Waals surface area contributed by atoms with Crippen molar-refractivity contribution in [2.75, 3.05) is 5.73 Å². The van der Waals surface area contributed by atoms with Crippen LogP contribution in [0.3, 0.4) is 0 Å². The normalized spacial score (nSPS) is 11.2. The SMILES string of the molecule is Cc1ccc(S(=O)(=O)n2cc(-c3ccccc3)c(C#N)c2N)cc1. The van der Waals surface area contributed by atoms with Gasteiger partial charge in [-0.2, -0.15) is 5.26 Å². The maximum atomic E-state index is 12.9. The average Bonchev–Trinajstić information content (AvgIpc) is 2.93. The Morgan fingerprint density at radius 1 is 1.04 bits per heavy atom. The Morgan fingerprint density at radius 3 is 2.25 bits per heavy atom. The summed E-state index contributed by atoms with van der Waals surface area (Å²) in [5, 5.41) is 9.41. The Labute approximate surface area is 140 Å². The van der Waals surface area contributed by atoms with Gasteiger partial charge in [-0.05, 0) is 24.6 Å². The highest BCUT2D eigenvalue weighted by Crippen LogP contribution is 2.32. The van der Waals surface area contributed by atoms with Crippen LogP contribution >= 0.6 is 0 Å². The van der Waals surface area contributed by atoms with Crippen LogP contribution in [0, 0.1) is 18.3 Å². The molecule has 0 amide bonds. The van der Waals surface area contributed by atoms with Gasteiger partial charge in [-0.25, -0.2) is 12.4 Å². The summed E-state index contributed by atoms with van der Waals surface area (Å²) in [4.78, 5) is 0.124. The minimum atomic E-state index is -3.87. The highest BCUT2D eigenvalue weighted by molar-refractivity contribution is 7.90. The van der Waals surface area contributed by atoms with E-state index < -0.39 is 10.0 Å². The number of hydrogen-bond acceptors (Lipinski definition) is 4. The van der Waals surface area contributed by atoms with E-state index in [0.717, 1.165) is 15.1 Å². The van der Waals surface area contributed by atoms with E-state index in [1.54, 1.807) is 24.3 Å². The van der Waals surface area contributed by atoms with Crippen molar-refractivity contribution in [3.05, 3.63) is 71.9 Å². The van der Waals surface area contributed by atoms with Crippen molar-refractivity contribution < 1.29 is 8.42 Å². The van der Waals surface area contributed by atoms with Gasteiger partial charge in [0, 0.05) is 11.8 Å². The molecule has 0 radical (unpaired) electrons.